The van der Waals surface area contributed by atoms with Gasteiger partial charge in [0.2, 0.25) is 0 Å². The van der Waals surface area contributed by atoms with Gasteiger partial charge in [0.25, 0.3) is 0 Å². The monoisotopic (exact) mass is 387 g/mol. The molecular formula is C19H22BNO5S. The number of rotatable bonds is 3. The first-order valence-corrected chi connectivity index (χ1v) is 9.88. The van der Waals surface area contributed by atoms with Crippen molar-refractivity contribution in [2.45, 2.75) is 32.5 Å². The van der Waals surface area contributed by atoms with Crippen molar-refractivity contribution in [1.29, 1.82) is 0 Å². The van der Waals surface area contributed by atoms with Gasteiger partial charge in [0.15, 0.2) is 0 Å². The van der Waals surface area contributed by atoms with Crippen molar-refractivity contribution in [1.82, 2.24) is 5.32 Å². The highest BCUT2D eigenvalue weighted by atomic mass is 32.1. The number of amides is 1. The molecule has 0 fully saturated rings. The summed E-state index contributed by atoms with van der Waals surface area (Å²) < 4.78 is 23.2. The van der Waals surface area contributed by atoms with Crippen LogP contribution in [0.3, 0.4) is 0 Å². The summed E-state index contributed by atoms with van der Waals surface area (Å²) in [6, 6.07) is 8.12. The van der Waals surface area contributed by atoms with Crippen molar-refractivity contribution in [3.05, 3.63) is 35.2 Å². The Morgan fingerprint density at radius 1 is 1.33 bits per heavy atom. The topological polar surface area (TPSA) is 66.0 Å². The Balaban J connectivity index is 1.65. The molecule has 142 valence electrons. The highest BCUT2D eigenvalue weighted by Crippen LogP contribution is 2.39. The molecule has 2 aliphatic heterocycles. The quantitative estimate of drug-likeness (QED) is 0.820. The van der Waals surface area contributed by atoms with Crippen LogP contribution in [-0.4, -0.2) is 38.6 Å². The largest absolute Gasteiger partial charge is 0.498 e. The summed E-state index contributed by atoms with van der Waals surface area (Å²) in [6.07, 6.45) is -0.801. The second-order valence-electron chi connectivity index (χ2n) is 7.47. The van der Waals surface area contributed by atoms with Gasteiger partial charge in [-0.15, -0.1) is 11.3 Å². The van der Waals surface area contributed by atoms with Crippen LogP contribution in [0.1, 0.15) is 32.4 Å². The van der Waals surface area contributed by atoms with Crippen LogP contribution < -0.4 is 15.5 Å². The van der Waals surface area contributed by atoms with Crippen molar-refractivity contribution in [2.24, 2.45) is 0 Å². The van der Waals surface area contributed by atoms with Crippen LogP contribution >= 0.6 is 11.3 Å². The summed E-state index contributed by atoms with van der Waals surface area (Å²) in [5.41, 5.74) is 2.47. The van der Waals surface area contributed by atoms with Crippen LogP contribution in [-0.2, 0) is 14.0 Å². The fraction of sp³-hybridized carbons (Fsp3) is 0.421. The Bertz CT molecular complexity index is 833. The lowest BCUT2D eigenvalue weighted by atomic mass is 9.76. The van der Waals surface area contributed by atoms with E-state index in [-0.39, 0.29) is 6.10 Å². The van der Waals surface area contributed by atoms with Crippen molar-refractivity contribution >= 4 is 30.0 Å². The molecule has 2 aliphatic rings. The first-order valence-electron chi connectivity index (χ1n) is 9.00. The third kappa shape index (κ3) is 3.83. The molecule has 1 atom stereocenters. The third-order valence-electron chi connectivity index (χ3n) is 4.32. The van der Waals surface area contributed by atoms with E-state index in [2.05, 4.69) is 17.4 Å². The molecule has 1 N–H and O–H groups in total. The molecule has 27 heavy (non-hydrogen) atoms. The highest BCUT2D eigenvalue weighted by Gasteiger charge is 2.43. The summed E-state index contributed by atoms with van der Waals surface area (Å²) >= 11 is 1.67. The Hall–Kier alpha value is -2.03. The van der Waals surface area contributed by atoms with Crippen molar-refractivity contribution in [3.8, 4) is 16.2 Å². The molecule has 1 amide bonds. The number of hydrogen-bond donors (Lipinski definition) is 1. The van der Waals surface area contributed by atoms with Crippen molar-refractivity contribution in [3.63, 3.8) is 0 Å². The molecular weight excluding hydrogens is 365 g/mol. The molecule has 0 bridgehead atoms. The molecule has 0 saturated heterocycles. The van der Waals surface area contributed by atoms with E-state index < -0.39 is 18.8 Å². The average Bonchev–Trinajstić information content (AvgIpc) is 3.19. The van der Waals surface area contributed by atoms with E-state index in [0.29, 0.717) is 19.8 Å². The van der Waals surface area contributed by atoms with E-state index >= 15 is 0 Å². The van der Waals surface area contributed by atoms with Gasteiger partial charge in [0.05, 0.1) is 12.7 Å². The number of thiophene rings is 1. The maximum atomic E-state index is 12.1. The molecule has 1 aromatic carbocycles. The van der Waals surface area contributed by atoms with E-state index in [0.717, 1.165) is 27.2 Å². The number of hydrogen-bond acceptors (Lipinski definition) is 6. The van der Waals surface area contributed by atoms with E-state index in [1.165, 1.54) is 0 Å². The molecule has 0 saturated carbocycles. The van der Waals surface area contributed by atoms with Crippen LogP contribution in [0.2, 0.25) is 0 Å². The molecule has 6 nitrogen and oxygen atoms in total. The Labute approximate surface area is 162 Å². The van der Waals surface area contributed by atoms with Gasteiger partial charge in [-0.3, -0.25) is 0 Å². The highest BCUT2D eigenvalue weighted by molar-refractivity contribution is 7.13. The maximum Gasteiger partial charge on any atom is 0.498 e. The van der Waals surface area contributed by atoms with Gasteiger partial charge in [-0.25, -0.2) is 4.79 Å². The van der Waals surface area contributed by atoms with E-state index in [4.69, 9.17) is 18.8 Å². The molecule has 0 aliphatic carbocycles. The number of ether oxygens (including phenoxy) is 2. The van der Waals surface area contributed by atoms with Gasteiger partial charge in [-0.1, -0.05) is 6.07 Å². The molecule has 0 unspecified atom stereocenters. The van der Waals surface area contributed by atoms with E-state index in [1.807, 2.05) is 38.3 Å². The number of benzene rings is 1. The first-order chi connectivity index (χ1) is 12.9. The smallest absolute Gasteiger partial charge is 0.492 e. The van der Waals surface area contributed by atoms with Gasteiger partial charge in [-0.2, -0.15) is 0 Å². The molecule has 3 heterocycles. The maximum absolute atomic E-state index is 12.1. The predicted octanol–water partition coefficient (Wildman–Crippen LogP) is 3.12. The molecule has 0 radical (unpaired) electrons. The lowest BCUT2D eigenvalue weighted by Gasteiger charge is -2.22. The summed E-state index contributed by atoms with van der Waals surface area (Å²) in [5, 5.41) is 4.86. The second-order valence-corrected chi connectivity index (χ2v) is 8.42. The zero-order chi connectivity index (χ0) is 19.0. The fourth-order valence-electron chi connectivity index (χ4n) is 3.33. The van der Waals surface area contributed by atoms with Gasteiger partial charge in [0.1, 0.15) is 18.0 Å². The Morgan fingerprint density at radius 3 is 2.93 bits per heavy atom. The lowest BCUT2D eigenvalue weighted by Crippen LogP contribution is -2.35. The summed E-state index contributed by atoms with van der Waals surface area (Å²) in [7, 11) is -0.483. The predicted molar refractivity (Wildman–Crippen MR) is 105 cm³/mol. The molecule has 4 rings (SSSR count). The minimum absolute atomic E-state index is 0.295. The van der Waals surface area contributed by atoms with Crippen LogP contribution in [0.15, 0.2) is 29.6 Å². The summed E-state index contributed by atoms with van der Waals surface area (Å²) in [4.78, 5) is 13.2. The molecule has 2 aromatic rings. The molecule has 1 aromatic heterocycles. The van der Waals surface area contributed by atoms with Gasteiger partial charge in [-0.05, 0) is 55.5 Å². The second kappa shape index (κ2) is 7.18. The van der Waals surface area contributed by atoms with E-state index in [1.54, 1.807) is 11.3 Å². The number of nitrogens with one attached hydrogen (secondary N) is 1. The fourth-order valence-corrected chi connectivity index (χ4v) is 4.10. The van der Waals surface area contributed by atoms with Gasteiger partial charge < -0.3 is 24.1 Å². The number of alkyl carbamates (subject to hydrolysis) is 1. The zero-order valence-corrected chi connectivity index (χ0v) is 16.4. The Kier molecular flexibility index (Phi) is 4.88. The number of carbonyl (C=O) groups is 1. The minimum atomic E-state index is -0.547. The SMILES string of the molecule is CC(C)(C)OC(=O)NC[C@H]1OB2OCCOc3ccc(-c4cccs4)c1c32. The summed E-state index contributed by atoms with van der Waals surface area (Å²) in [5.74, 6) is 0.785. The van der Waals surface area contributed by atoms with Crippen LogP contribution in [0.4, 0.5) is 4.79 Å². The lowest BCUT2D eigenvalue weighted by molar-refractivity contribution is 0.0494. The minimum Gasteiger partial charge on any atom is -0.492 e. The first kappa shape index (κ1) is 18.3. The van der Waals surface area contributed by atoms with Crippen LogP contribution in [0.5, 0.6) is 5.75 Å². The van der Waals surface area contributed by atoms with Gasteiger partial charge in [0, 0.05) is 16.9 Å². The normalized spacial score (nSPS) is 18.5. The standard InChI is InChI=1S/C19H22BNO5S/c1-19(2,3)25-18(22)21-11-14-16-12(15-5-4-10-27-15)6-7-13-17(16)20(26-14)24-9-8-23-13/h4-7,10,14H,8-9,11H2,1-3H3,(H,21,22)/t14-/m1/s1. The van der Waals surface area contributed by atoms with Gasteiger partial charge >= 0.3 is 13.2 Å². The molecule has 0 spiro atoms. The van der Waals surface area contributed by atoms with Crippen LogP contribution in [0, 0.1) is 0 Å². The van der Waals surface area contributed by atoms with Crippen LogP contribution in [0.25, 0.3) is 10.4 Å². The average molecular weight is 387 g/mol. The zero-order valence-electron chi connectivity index (χ0n) is 15.6. The van der Waals surface area contributed by atoms with E-state index in [9.17, 15) is 4.79 Å². The third-order valence-corrected chi connectivity index (χ3v) is 5.22. The number of carbonyl (C=O) groups excluding carboxylic acids is 1. The molecule has 8 heteroatoms. The Morgan fingerprint density at radius 2 is 2.19 bits per heavy atom. The van der Waals surface area contributed by atoms with Crippen molar-refractivity contribution in [2.75, 3.05) is 19.8 Å². The summed E-state index contributed by atoms with van der Waals surface area (Å²) in [6.45, 7) is 6.75. The van der Waals surface area contributed by atoms with Crippen molar-refractivity contribution < 1.29 is 23.6 Å².